The summed E-state index contributed by atoms with van der Waals surface area (Å²) in [5, 5.41) is 13.5. The van der Waals surface area contributed by atoms with Gasteiger partial charge in [0.25, 0.3) is 5.91 Å². The lowest BCUT2D eigenvalue weighted by Crippen LogP contribution is -2.62. The number of rotatable bonds is 1. The van der Waals surface area contributed by atoms with Crippen LogP contribution in [0.4, 0.5) is 0 Å². The molecule has 20 heavy (non-hydrogen) atoms. The number of amides is 2. The number of carbonyl (C=O) groups is 2. The van der Waals surface area contributed by atoms with Gasteiger partial charge in [-0.2, -0.15) is 5.26 Å². The average molecular weight is 289 g/mol. The maximum absolute atomic E-state index is 12.6. The number of thiophene rings is 1. The van der Waals surface area contributed by atoms with Crippen LogP contribution in [-0.2, 0) is 4.79 Å². The van der Waals surface area contributed by atoms with E-state index < -0.39 is 0 Å². The van der Waals surface area contributed by atoms with E-state index in [1.54, 1.807) is 16.3 Å². The van der Waals surface area contributed by atoms with Crippen molar-refractivity contribution < 1.29 is 9.59 Å². The summed E-state index contributed by atoms with van der Waals surface area (Å²) in [7, 11) is 0. The van der Waals surface area contributed by atoms with Crippen LogP contribution in [0.25, 0.3) is 0 Å². The summed E-state index contributed by atoms with van der Waals surface area (Å²) in [5.74, 6) is -0.207. The minimum Gasteiger partial charge on any atom is -0.350 e. The third-order valence-corrected chi connectivity index (χ3v) is 4.91. The lowest BCUT2D eigenvalue weighted by molar-refractivity contribution is -0.127. The van der Waals surface area contributed by atoms with E-state index in [2.05, 4.69) is 5.32 Å². The summed E-state index contributed by atoms with van der Waals surface area (Å²) in [6, 6.07) is 3.83. The van der Waals surface area contributed by atoms with Crippen LogP contribution < -0.4 is 5.32 Å². The molecule has 1 aliphatic carbocycles. The summed E-state index contributed by atoms with van der Waals surface area (Å²) < 4.78 is 0. The van der Waals surface area contributed by atoms with Crippen molar-refractivity contribution in [3.05, 3.63) is 21.9 Å². The van der Waals surface area contributed by atoms with Gasteiger partial charge >= 0.3 is 0 Å². The van der Waals surface area contributed by atoms with Gasteiger partial charge in [-0.3, -0.25) is 9.59 Å². The van der Waals surface area contributed by atoms with Crippen LogP contribution >= 0.6 is 11.3 Å². The molecule has 2 heterocycles. The molecule has 1 saturated carbocycles. The fourth-order valence-corrected chi connectivity index (χ4v) is 3.84. The monoisotopic (exact) mass is 289 g/mol. The quantitative estimate of drug-likeness (QED) is 0.851. The molecule has 0 aromatic carbocycles. The van der Waals surface area contributed by atoms with E-state index in [-0.39, 0.29) is 30.4 Å². The van der Waals surface area contributed by atoms with E-state index in [0.717, 1.165) is 25.7 Å². The van der Waals surface area contributed by atoms with Gasteiger partial charge in [0, 0.05) is 11.4 Å². The van der Waals surface area contributed by atoms with Crippen LogP contribution in [0.1, 0.15) is 40.9 Å². The molecule has 1 aromatic rings. The highest BCUT2D eigenvalue weighted by molar-refractivity contribution is 7.12. The fourth-order valence-electron chi connectivity index (χ4n) is 3.05. The Balaban J connectivity index is 1.84. The van der Waals surface area contributed by atoms with E-state index in [1.807, 2.05) is 6.07 Å². The number of carbonyl (C=O) groups excluding carboxylic acids is 2. The molecule has 0 radical (unpaired) electrons. The van der Waals surface area contributed by atoms with Gasteiger partial charge in [0.1, 0.15) is 12.6 Å². The molecule has 2 atom stereocenters. The van der Waals surface area contributed by atoms with Gasteiger partial charge in [0.05, 0.1) is 16.5 Å². The molecule has 2 aliphatic rings. The molecule has 5 nitrogen and oxygen atoms in total. The molecule has 1 aromatic heterocycles. The zero-order valence-corrected chi connectivity index (χ0v) is 11.8. The van der Waals surface area contributed by atoms with Crippen LogP contribution in [0.2, 0.25) is 0 Å². The first-order valence-electron chi connectivity index (χ1n) is 6.78. The number of nitriles is 1. The van der Waals surface area contributed by atoms with Crippen molar-refractivity contribution in [1.82, 2.24) is 10.2 Å². The summed E-state index contributed by atoms with van der Waals surface area (Å²) in [4.78, 5) is 26.6. The van der Waals surface area contributed by atoms with Crippen LogP contribution in [-0.4, -0.2) is 35.3 Å². The van der Waals surface area contributed by atoms with Crippen LogP contribution in [0.3, 0.4) is 0 Å². The molecule has 104 valence electrons. The molecule has 0 bridgehead atoms. The minimum atomic E-state index is -0.122. The normalized spacial score (nSPS) is 25.6. The lowest BCUT2D eigenvalue weighted by atomic mass is 9.87. The molecule has 2 fully saturated rings. The average Bonchev–Trinajstić information content (AvgIpc) is 2.94. The molecule has 0 unspecified atom stereocenters. The highest BCUT2D eigenvalue weighted by Crippen LogP contribution is 2.28. The van der Waals surface area contributed by atoms with Crippen molar-refractivity contribution in [2.45, 2.75) is 37.8 Å². The lowest BCUT2D eigenvalue weighted by Gasteiger charge is -2.43. The molecule has 6 heteroatoms. The Morgan fingerprint density at radius 1 is 1.45 bits per heavy atom. The molecular formula is C14H15N3O2S. The maximum atomic E-state index is 12.6. The van der Waals surface area contributed by atoms with E-state index in [9.17, 15) is 9.59 Å². The summed E-state index contributed by atoms with van der Waals surface area (Å²) >= 11 is 1.27. The number of nitrogens with one attached hydrogen (secondary N) is 1. The maximum Gasteiger partial charge on any atom is 0.264 e. The number of piperazine rings is 1. The molecule has 1 N–H and O–H groups in total. The van der Waals surface area contributed by atoms with Crippen LogP contribution in [0.5, 0.6) is 0 Å². The third-order valence-electron chi connectivity index (χ3n) is 3.99. The van der Waals surface area contributed by atoms with Gasteiger partial charge in [-0.25, -0.2) is 0 Å². The van der Waals surface area contributed by atoms with Crippen molar-refractivity contribution in [2.75, 3.05) is 6.54 Å². The molecule has 3 rings (SSSR count). The second-order valence-corrected chi connectivity index (χ2v) is 6.18. The SMILES string of the molecule is N#Cc1csc(C(=O)N2CC(=O)N[C@H]3CCCC[C@H]32)c1. The fraction of sp³-hybridized carbons (Fsp3) is 0.500. The van der Waals surface area contributed by atoms with Crippen molar-refractivity contribution in [3.8, 4) is 6.07 Å². The highest BCUT2D eigenvalue weighted by atomic mass is 32.1. The Morgan fingerprint density at radius 3 is 3.00 bits per heavy atom. The Kier molecular flexibility index (Phi) is 3.45. The number of hydrogen-bond donors (Lipinski definition) is 1. The topological polar surface area (TPSA) is 73.2 Å². The van der Waals surface area contributed by atoms with Crippen molar-refractivity contribution in [2.24, 2.45) is 0 Å². The molecule has 1 aliphatic heterocycles. The first-order chi connectivity index (χ1) is 9.69. The zero-order valence-electron chi connectivity index (χ0n) is 11.0. The van der Waals surface area contributed by atoms with E-state index >= 15 is 0 Å². The molecule has 1 saturated heterocycles. The van der Waals surface area contributed by atoms with E-state index in [1.165, 1.54) is 11.3 Å². The van der Waals surface area contributed by atoms with Crippen molar-refractivity contribution in [3.63, 3.8) is 0 Å². The van der Waals surface area contributed by atoms with Gasteiger partial charge in [-0.15, -0.1) is 11.3 Å². The van der Waals surface area contributed by atoms with Gasteiger partial charge < -0.3 is 10.2 Å². The van der Waals surface area contributed by atoms with Crippen molar-refractivity contribution in [1.29, 1.82) is 5.26 Å². The van der Waals surface area contributed by atoms with Gasteiger partial charge in [0.15, 0.2) is 0 Å². The van der Waals surface area contributed by atoms with Gasteiger partial charge in [-0.05, 0) is 18.9 Å². The predicted octanol–water partition coefficient (Wildman–Crippen LogP) is 1.50. The molecular weight excluding hydrogens is 274 g/mol. The summed E-state index contributed by atoms with van der Waals surface area (Å²) in [5.41, 5.74) is 0.500. The zero-order chi connectivity index (χ0) is 14.1. The van der Waals surface area contributed by atoms with Crippen LogP contribution in [0.15, 0.2) is 11.4 Å². The Labute approximate surface area is 121 Å². The third kappa shape index (κ3) is 2.29. The Morgan fingerprint density at radius 2 is 2.25 bits per heavy atom. The van der Waals surface area contributed by atoms with E-state index in [0.29, 0.717) is 10.4 Å². The van der Waals surface area contributed by atoms with Crippen molar-refractivity contribution >= 4 is 23.2 Å². The highest BCUT2D eigenvalue weighted by Gasteiger charge is 2.39. The minimum absolute atomic E-state index is 0.0847. The van der Waals surface area contributed by atoms with Gasteiger partial charge in [0.2, 0.25) is 5.91 Å². The Bertz CT molecular complexity index is 589. The second-order valence-electron chi connectivity index (χ2n) is 5.27. The van der Waals surface area contributed by atoms with Gasteiger partial charge in [-0.1, -0.05) is 12.8 Å². The molecule has 0 spiro atoms. The number of nitrogens with zero attached hydrogens (tertiary/aromatic N) is 2. The first-order valence-corrected chi connectivity index (χ1v) is 7.66. The van der Waals surface area contributed by atoms with Crippen LogP contribution in [0, 0.1) is 11.3 Å². The Hall–Kier alpha value is -1.87. The second kappa shape index (κ2) is 5.25. The largest absolute Gasteiger partial charge is 0.350 e. The number of fused-ring (bicyclic) bond motifs is 1. The standard InChI is InChI=1S/C14H15N3O2S/c15-6-9-5-12(20-8-9)14(19)17-7-13(18)16-10-3-1-2-4-11(10)17/h5,8,10-11H,1-4,7H2,(H,16,18)/t10-,11+/m0/s1. The summed E-state index contributed by atoms with van der Waals surface area (Å²) in [6.07, 6.45) is 4.07. The molecule has 2 amide bonds. The van der Waals surface area contributed by atoms with E-state index in [4.69, 9.17) is 5.26 Å². The smallest absolute Gasteiger partial charge is 0.264 e. The number of hydrogen-bond acceptors (Lipinski definition) is 4. The first kappa shape index (κ1) is 13.1. The predicted molar refractivity (Wildman–Crippen MR) is 74.3 cm³/mol. The summed E-state index contributed by atoms with van der Waals surface area (Å²) in [6.45, 7) is 0.125.